The molecule has 0 saturated heterocycles. The van der Waals surface area contributed by atoms with E-state index in [1.807, 2.05) is 19.1 Å². The summed E-state index contributed by atoms with van der Waals surface area (Å²) in [6.07, 6.45) is 1.33. The highest BCUT2D eigenvalue weighted by molar-refractivity contribution is 9.11. The Morgan fingerprint density at radius 2 is 1.80 bits per heavy atom. The summed E-state index contributed by atoms with van der Waals surface area (Å²) in [6, 6.07) is 6.62. The van der Waals surface area contributed by atoms with E-state index in [9.17, 15) is 15.0 Å². The maximum Gasteiger partial charge on any atom is 0.277 e. The summed E-state index contributed by atoms with van der Waals surface area (Å²) in [5, 5.41) is 22.7. The molecule has 0 spiro atoms. The third kappa shape index (κ3) is 5.45. The van der Waals surface area contributed by atoms with E-state index in [-0.39, 0.29) is 18.1 Å². The molecule has 1 amide bonds. The van der Waals surface area contributed by atoms with Gasteiger partial charge in [0.15, 0.2) is 18.1 Å². The van der Waals surface area contributed by atoms with Crippen LogP contribution in [0.1, 0.15) is 11.1 Å². The zero-order chi connectivity index (χ0) is 18.6. The lowest BCUT2D eigenvalue weighted by Crippen LogP contribution is -2.24. The van der Waals surface area contributed by atoms with E-state index in [1.54, 1.807) is 6.07 Å². The highest BCUT2D eigenvalue weighted by Crippen LogP contribution is 2.35. The summed E-state index contributed by atoms with van der Waals surface area (Å²) < 4.78 is 7.27. The van der Waals surface area contributed by atoms with Gasteiger partial charge in [-0.05, 0) is 90.1 Å². The minimum atomic E-state index is -0.447. The molecule has 0 bridgehead atoms. The first-order valence-electron chi connectivity index (χ1n) is 6.89. The molecule has 6 nitrogen and oxygen atoms in total. The molecular formula is C16H13Br3N2O4. The number of phenols is 2. The number of carbonyl (C=O) groups is 1. The molecule has 0 unspecified atom stereocenters. The van der Waals surface area contributed by atoms with E-state index in [0.29, 0.717) is 15.8 Å². The number of rotatable bonds is 5. The monoisotopic (exact) mass is 534 g/mol. The Kier molecular flexibility index (Phi) is 6.86. The Morgan fingerprint density at radius 1 is 1.16 bits per heavy atom. The van der Waals surface area contributed by atoms with Crippen LogP contribution < -0.4 is 10.2 Å². The minimum Gasteiger partial charge on any atom is -0.504 e. The second-order valence-corrected chi connectivity index (χ2v) is 7.57. The van der Waals surface area contributed by atoms with Crippen LogP contribution in [-0.4, -0.2) is 28.9 Å². The number of carbonyl (C=O) groups excluding carboxylic acids is 1. The molecule has 0 aliphatic rings. The van der Waals surface area contributed by atoms with Gasteiger partial charge in [0.2, 0.25) is 0 Å². The molecule has 0 radical (unpaired) electrons. The van der Waals surface area contributed by atoms with Gasteiger partial charge in [-0.15, -0.1) is 0 Å². The summed E-state index contributed by atoms with van der Waals surface area (Å²) in [6.45, 7) is 1.72. The lowest BCUT2D eigenvalue weighted by Gasteiger charge is -2.10. The molecular weight excluding hydrogens is 524 g/mol. The number of phenolic OH excluding ortho intramolecular Hbond substituents is 2. The summed E-state index contributed by atoms with van der Waals surface area (Å²) >= 11 is 9.87. The van der Waals surface area contributed by atoms with Crippen LogP contribution in [0.15, 0.2) is 42.8 Å². The van der Waals surface area contributed by atoms with E-state index in [1.165, 1.54) is 12.3 Å². The van der Waals surface area contributed by atoms with Crippen LogP contribution in [0.4, 0.5) is 0 Å². The Morgan fingerprint density at radius 3 is 2.40 bits per heavy atom. The summed E-state index contributed by atoms with van der Waals surface area (Å²) in [4.78, 5) is 11.8. The van der Waals surface area contributed by atoms with Crippen molar-refractivity contribution in [2.75, 3.05) is 6.61 Å². The van der Waals surface area contributed by atoms with Gasteiger partial charge in [-0.2, -0.15) is 5.10 Å². The molecule has 25 heavy (non-hydrogen) atoms. The van der Waals surface area contributed by atoms with Crippen LogP contribution in [0.5, 0.6) is 17.2 Å². The topological polar surface area (TPSA) is 91.2 Å². The molecule has 0 atom stereocenters. The van der Waals surface area contributed by atoms with Gasteiger partial charge in [-0.1, -0.05) is 0 Å². The van der Waals surface area contributed by atoms with Crippen molar-refractivity contribution in [2.24, 2.45) is 5.10 Å². The summed E-state index contributed by atoms with van der Waals surface area (Å²) in [5.41, 5.74) is 3.86. The van der Waals surface area contributed by atoms with Crippen LogP contribution in [0.25, 0.3) is 0 Å². The number of nitrogens with zero attached hydrogens (tertiary/aromatic N) is 1. The van der Waals surface area contributed by atoms with Gasteiger partial charge in [-0.25, -0.2) is 5.43 Å². The average Bonchev–Trinajstić information content (AvgIpc) is 2.51. The first-order valence-corrected chi connectivity index (χ1v) is 9.27. The number of hydrogen-bond acceptors (Lipinski definition) is 5. The van der Waals surface area contributed by atoms with Crippen molar-refractivity contribution in [1.82, 2.24) is 5.43 Å². The Balaban J connectivity index is 1.93. The normalized spacial score (nSPS) is 10.9. The first-order chi connectivity index (χ1) is 11.8. The molecule has 2 aromatic carbocycles. The largest absolute Gasteiger partial charge is 0.504 e. The highest BCUT2D eigenvalue weighted by Gasteiger charge is 2.10. The molecule has 9 heteroatoms. The fraction of sp³-hybridized carbons (Fsp3) is 0.125. The number of halogens is 3. The first kappa shape index (κ1) is 19.7. The van der Waals surface area contributed by atoms with E-state index < -0.39 is 5.91 Å². The number of hydrogen-bond donors (Lipinski definition) is 3. The number of ether oxygens (including phenoxy) is 1. The van der Waals surface area contributed by atoms with E-state index in [0.717, 1.165) is 14.5 Å². The molecule has 0 fully saturated rings. The third-order valence-electron chi connectivity index (χ3n) is 2.96. The van der Waals surface area contributed by atoms with Crippen molar-refractivity contribution < 1.29 is 19.7 Å². The van der Waals surface area contributed by atoms with E-state index >= 15 is 0 Å². The van der Waals surface area contributed by atoms with Gasteiger partial charge < -0.3 is 14.9 Å². The van der Waals surface area contributed by atoms with Gasteiger partial charge in [0.25, 0.3) is 5.91 Å². The fourth-order valence-corrected chi connectivity index (χ4v) is 3.96. The number of amides is 1. The molecule has 2 rings (SSSR count). The van der Waals surface area contributed by atoms with Crippen molar-refractivity contribution in [1.29, 1.82) is 0 Å². The van der Waals surface area contributed by atoms with Gasteiger partial charge >= 0.3 is 0 Å². The Hall–Kier alpha value is -1.58. The predicted octanol–water partition coefficient (Wildman–Crippen LogP) is 4.22. The Bertz CT molecular complexity index is 794. The second kappa shape index (κ2) is 8.68. The Labute approximate surface area is 169 Å². The smallest absolute Gasteiger partial charge is 0.277 e. The molecule has 0 heterocycles. The molecule has 0 saturated carbocycles. The highest BCUT2D eigenvalue weighted by atomic mass is 79.9. The van der Waals surface area contributed by atoms with Gasteiger partial charge in [0.05, 0.1) is 19.6 Å². The van der Waals surface area contributed by atoms with E-state index in [4.69, 9.17) is 4.74 Å². The molecule has 0 aliphatic heterocycles. The van der Waals surface area contributed by atoms with Crippen molar-refractivity contribution in [3.8, 4) is 17.2 Å². The maximum absolute atomic E-state index is 11.8. The second-order valence-electron chi connectivity index (χ2n) is 5.01. The maximum atomic E-state index is 11.8. The average molecular weight is 537 g/mol. The molecule has 3 N–H and O–H groups in total. The van der Waals surface area contributed by atoms with Crippen LogP contribution in [0.2, 0.25) is 0 Å². The molecule has 0 aliphatic carbocycles. The zero-order valence-corrected chi connectivity index (χ0v) is 17.6. The van der Waals surface area contributed by atoms with Crippen molar-refractivity contribution in [3.05, 3.63) is 48.8 Å². The van der Waals surface area contributed by atoms with Crippen LogP contribution >= 0.6 is 47.8 Å². The van der Waals surface area contributed by atoms with Gasteiger partial charge in [0, 0.05) is 0 Å². The number of aromatic hydroxyl groups is 2. The van der Waals surface area contributed by atoms with Crippen molar-refractivity contribution in [2.45, 2.75) is 6.92 Å². The number of aryl methyl sites for hydroxylation is 1. The van der Waals surface area contributed by atoms with Crippen molar-refractivity contribution in [3.63, 3.8) is 0 Å². The van der Waals surface area contributed by atoms with Crippen LogP contribution in [0, 0.1) is 6.92 Å². The van der Waals surface area contributed by atoms with Gasteiger partial charge in [0.1, 0.15) is 5.75 Å². The third-order valence-corrected chi connectivity index (χ3v) is 4.74. The molecule has 2 aromatic rings. The summed E-state index contributed by atoms with van der Waals surface area (Å²) in [5.74, 6) is -0.474. The number of nitrogens with one attached hydrogen (secondary N) is 1. The standard InChI is InChI=1S/C16H13Br3N2O4/c1-8-2-11(18)16(12(19)3-8)25-7-14(23)21-20-6-9-4-10(17)15(24)13(22)5-9/h2-6,22,24H,7H2,1H3,(H,21,23)/b20-6-. The lowest BCUT2D eigenvalue weighted by atomic mass is 10.2. The van der Waals surface area contributed by atoms with Crippen molar-refractivity contribution >= 4 is 59.9 Å². The SMILES string of the molecule is Cc1cc(Br)c(OCC(=O)N/N=C\c2cc(O)c(O)c(Br)c2)c(Br)c1. The minimum absolute atomic E-state index is 0.220. The quantitative estimate of drug-likeness (QED) is 0.303. The zero-order valence-electron chi connectivity index (χ0n) is 12.9. The fourth-order valence-electron chi connectivity index (χ4n) is 1.85. The van der Waals surface area contributed by atoms with Gasteiger partial charge in [-0.3, -0.25) is 4.79 Å². The molecule has 0 aromatic heterocycles. The summed E-state index contributed by atoms with van der Waals surface area (Å²) in [7, 11) is 0. The number of hydrazone groups is 1. The predicted molar refractivity (Wildman–Crippen MR) is 105 cm³/mol. The van der Waals surface area contributed by atoms with Crippen LogP contribution in [-0.2, 0) is 4.79 Å². The van der Waals surface area contributed by atoms with Crippen LogP contribution in [0.3, 0.4) is 0 Å². The molecule has 132 valence electrons. The number of benzene rings is 2. The lowest BCUT2D eigenvalue weighted by molar-refractivity contribution is -0.123. The van der Waals surface area contributed by atoms with E-state index in [2.05, 4.69) is 58.3 Å².